The predicted molar refractivity (Wildman–Crippen MR) is 105 cm³/mol. The van der Waals surface area contributed by atoms with Crippen LogP contribution in [0.15, 0.2) is 24.3 Å². The second kappa shape index (κ2) is 10.9. The highest BCUT2D eigenvalue weighted by Gasteiger charge is 2.35. The van der Waals surface area contributed by atoms with E-state index in [-0.39, 0.29) is 36.1 Å². The molecule has 2 rings (SSSR count). The van der Waals surface area contributed by atoms with Crippen molar-refractivity contribution in [3.8, 4) is 0 Å². The first kappa shape index (κ1) is 23.2. The minimum atomic E-state index is -0.256. The highest BCUT2D eigenvalue weighted by molar-refractivity contribution is 5.85. The summed E-state index contributed by atoms with van der Waals surface area (Å²) in [5.41, 5.74) is 2.27. The molecule has 0 aliphatic carbocycles. The van der Waals surface area contributed by atoms with Gasteiger partial charge in [-0.1, -0.05) is 38.1 Å². The molecule has 2 N–H and O–H groups in total. The first-order valence-corrected chi connectivity index (χ1v) is 8.37. The maximum absolute atomic E-state index is 12.4. The van der Waals surface area contributed by atoms with Crippen molar-refractivity contribution in [3.63, 3.8) is 0 Å². The van der Waals surface area contributed by atoms with Gasteiger partial charge in [0.25, 0.3) is 0 Å². The van der Waals surface area contributed by atoms with E-state index in [0.717, 1.165) is 39.1 Å². The third-order valence-electron chi connectivity index (χ3n) is 4.76. The molecular formula is C18H31Cl2N3O. The monoisotopic (exact) mass is 375 g/mol. The minimum Gasteiger partial charge on any atom is -0.351 e. The van der Waals surface area contributed by atoms with Crippen LogP contribution in [0.5, 0.6) is 0 Å². The number of hydrogen-bond acceptors (Lipinski definition) is 3. The van der Waals surface area contributed by atoms with Gasteiger partial charge in [-0.15, -0.1) is 24.8 Å². The van der Waals surface area contributed by atoms with Crippen LogP contribution in [-0.2, 0) is 17.9 Å². The summed E-state index contributed by atoms with van der Waals surface area (Å²) < 4.78 is 0. The average molecular weight is 376 g/mol. The van der Waals surface area contributed by atoms with Crippen LogP contribution in [0.3, 0.4) is 0 Å². The van der Waals surface area contributed by atoms with Crippen molar-refractivity contribution in [2.45, 2.75) is 40.3 Å². The van der Waals surface area contributed by atoms with E-state index in [2.05, 4.69) is 47.6 Å². The standard InChI is InChI=1S/C18H29N3O.2ClH/c1-4-21(5-2)13-16-9-7-6-8-15(16)12-20-17(22)18(3)10-11-19-14-18;;/h6-9,19H,4-5,10-14H2,1-3H3,(H,20,22);2*1H. The van der Waals surface area contributed by atoms with Crippen molar-refractivity contribution in [2.24, 2.45) is 5.41 Å². The molecular weight excluding hydrogens is 345 g/mol. The van der Waals surface area contributed by atoms with E-state index >= 15 is 0 Å². The number of hydrogen-bond donors (Lipinski definition) is 2. The van der Waals surface area contributed by atoms with Crippen molar-refractivity contribution in [1.82, 2.24) is 15.5 Å². The van der Waals surface area contributed by atoms with Gasteiger partial charge in [-0.2, -0.15) is 0 Å². The van der Waals surface area contributed by atoms with Gasteiger partial charge in [-0.3, -0.25) is 9.69 Å². The summed E-state index contributed by atoms with van der Waals surface area (Å²) in [6.07, 6.45) is 0.917. The summed E-state index contributed by atoms with van der Waals surface area (Å²) in [6.45, 7) is 11.8. The predicted octanol–water partition coefficient (Wildman–Crippen LogP) is 2.99. The molecule has 1 heterocycles. The second-order valence-corrected chi connectivity index (χ2v) is 6.40. The molecule has 1 aromatic rings. The van der Waals surface area contributed by atoms with E-state index in [1.54, 1.807) is 0 Å². The van der Waals surface area contributed by atoms with Crippen LogP contribution in [0.1, 0.15) is 38.3 Å². The summed E-state index contributed by atoms with van der Waals surface area (Å²) in [5.74, 6) is 0.162. The van der Waals surface area contributed by atoms with Gasteiger partial charge in [-0.25, -0.2) is 0 Å². The molecule has 6 heteroatoms. The number of halogens is 2. The molecule has 1 unspecified atom stereocenters. The Balaban J connectivity index is 0.00000264. The lowest BCUT2D eigenvalue weighted by Crippen LogP contribution is -2.40. The van der Waals surface area contributed by atoms with Crippen molar-refractivity contribution >= 4 is 30.7 Å². The summed E-state index contributed by atoms with van der Waals surface area (Å²) in [4.78, 5) is 14.8. The van der Waals surface area contributed by atoms with Crippen LogP contribution in [0.2, 0.25) is 0 Å². The molecule has 1 aliphatic heterocycles. The number of nitrogens with one attached hydrogen (secondary N) is 2. The zero-order valence-electron chi connectivity index (χ0n) is 14.9. The Bertz CT molecular complexity index is 501. The van der Waals surface area contributed by atoms with Crippen molar-refractivity contribution in [2.75, 3.05) is 26.2 Å². The normalized spacial score (nSPS) is 19.5. The first-order valence-electron chi connectivity index (χ1n) is 8.37. The second-order valence-electron chi connectivity index (χ2n) is 6.40. The van der Waals surface area contributed by atoms with Gasteiger partial charge in [0.1, 0.15) is 0 Å². The Morgan fingerprint density at radius 3 is 2.38 bits per heavy atom. The van der Waals surface area contributed by atoms with Crippen LogP contribution in [0, 0.1) is 5.41 Å². The molecule has 138 valence electrons. The molecule has 1 amide bonds. The van der Waals surface area contributed by atoms with Crippen LogP contribution in [0.4, 0.5) is 0 Å². The average Bonchev–Trinajstić information content (AvgIpc) is 2.99. The number of carbonyl (C=O) groups is 1. The third kappa shape index (κ3) is 5.92. The van der Waals surface area contributed by atoms with Gasteiger partial charge in [0, 0.05) is 19.6 Å². The Morgan fingerprint density at radius 1 is 1.21 bits per heavy atom. The molecule has 1 aliphatic rings. The Kier molecular flexibility index (Phi) is 10.6. The first-order chi connectivity index (χ1) is 10.6. The quantitative estimate of drug-likeness (QED) is 0.769. The van der Waals surface area contributed by atoms with Crippen molar-refractivity contribution in [1.29, 1.82) is 0 Å². The van der Waals surface area contributed by atoms with Gasteiger partial charge in [0.2, 0.25) is 5.91 Å². The van der Waals surface area contributed by atoms with Crippen LogP contribution in [0.25, 0.3) is 0 Å². The summed E-state index contributed by atoms with van der Waals surface area (Å²) in [6, 6.07) is 8.41. The number of carbonyl (C=O) groups excluding carboxylic acids is 1. The fourth-order valence-corrected chi connectivity index (χ4v) is 2.97. The zero-order valence-corrected chi connectivity index (χ0v) is 16.6. The SMILES string of the molecule is CCN(CC)Cc1ccccc1CNC(=O)C1(C)CCNC1.Cl.Cl. The van der Waals surface area contributed by atoms with E-state index in [0.29, 0.717) is 6.54 Å². The number of nitrogens with zero attached hydrogens (tertiary/aromatic N) is 1. The van der Waals surface area contributed by atoms with Crippen LogP contribution < -0.4 is 10.6 Å². The summed E-state index contributed by atoms with van der Waals surface area (Å²) >= 11 is 0. The van der Waals surface area contributed by atoms with E-state index in [1.807, 2.05) is 13.0 Å². The van der Waals surface area contributed by atoms with Crippen LogP contribution in [-0.4, -0.2) is 37.0 Å². The Hall–Kier alpha value is -0.810. The number of amides is 1. The highest BCUT2D eigenvalue weighted by Crippen LogP contribution is 2.24. The van der Waals surface area contributed by atoms with E-state index in [9.17, 15) is 4.79 Å². The fourth-order valence-electron chi connectivity index (χ4n) is 2.97. The van der Waals surface area contributed by atoms with Crippen molar-refractivity contribution in [3.05, 3.63) is 35.4 Å². The lowest BCUT2D eigenvalue weighted by molar-refractivity contribution is -0.129. The Morgan fingerprint density at radius 2 is 1.83 bits per heavy atom. The van der Waals surface area contributed by atoms with Gasteiger partial charge in [-0.05, 0) is 44.1 Å². The molecule has 1 saturated heterocycles. The molecule has 0 saturated carbocycles. The van der Waals surface area contributed by atoms with E-state index < -0.39 is 0 Å². The highest BCUT2D eigenvalue weighted by atomic mass is 35.5. The molecule has 1 fully saturated rings. The van der Waals surface area contributed by atoms with Gasteiger partial charge in [0.05, 0.1) is 5.41 Å². The molecule has 0 radical (unpaired) electrons. The van der Waals surface area contributed by atoms with E-state index in [1.165, 1.54) is 11.1 Å². The number of benzene rings is 1. The van der Waals surface area contributed by atoms with Gasteiger partial charge < -0.3 is 10.6 Å². The number of rotatable bonds is 7. The Labute approximate surface area is 158 Å². The van der Waals surface area contributed by atoms with Gasteiger partial charge in [0.15, 0.2) is 0 Å². The van der Waals surface area contributed by atoms with Crippen LogP contribution >= 0.6 is 24.8 Å². The topological polar surface area (TPSA) is 44.4 Å². The lowest BCUT2D eigenvalue weighted by atomic mass is 9.88. The fraction of sp³-hybridized carbons (Fsp3) is 0.611. The third-order valence-corrected chi connectivity index (χ3v) is 4.76. The summed E-state index contributed by atoms with van der Waals surface area (Å²) in [5, 5.41) is 6.41. The smallest absolute Gasteiger partial charge is 0.227 e. The largest absolute Gasteiger partial charge is 0.351 e. The molecule has 0 bridgehead atoms. The molecule has 4 nitrogen and oxygen atoms in total. The maximum atomic E-state index is 12.4. The molecule has 24 heavy (non-hydrogen) atoms. The maximum Gasteiger partial charge on any atom is 0.227 e. The molecule has 1 aromatic carbocycles. The zero-order chi connectivity index (χ0) is 16.0. The minimum absolute atomic E-state index is 0. The summed E-state index contributed by atoms with van der Waals surface area (Å²) in [7, 11) is 0. The lowest BCUT2D eigenvalue weighted by Gasteiger charge is -2.23. The van der Waals surface area contributed by atoms with E-state index in [4.69, 9.17) is 0 Å². The molecule has 0 spiro atoms. The van der Waals surface area contributed by atoms with Crippen molar-refractivity contribution < 1.29 is 4.79 Å². The molecule has 1 atom stereocenters. The molecule has 0 aromatic heterocycles. The van der Waals surface area contributed by atoms with Gasteiger partial charge >= 0.3 is 0 Å².